The molecule has 1 fully saturated rings. The summed E-state index contributed by atoms with van der Waals surface area (Å²) < 4.78 is 0. The Labute approximate surface area is 158 Å². The van der Waals surface area contributed by atoms with Gasteiger partial charge >= 0.3 is 5.97 Å². The number of amides is 2. The van der Waals surface area contributed by atoms with E-state index in [1.165, 1.54) is 0 Å². The molecule has 1 saturated carbocycles. The lowest BCUT2D eigenvalue weighted by atomic mass is 9.93. The number of carboxylic acid groups (broad SMARTS) is 1. The zero-order valence-corrected chi connectivity index (χ0v) is 15.2. The molecule has 0 bridgehead atoms. The lowest BCUT2D eigenvalue weighted by Crippen LogP contribution is -2.51. The van der Waals surface area contributed by atoms with Crippen LogP contribution in [0.2, 0.25) is 0 Å². The highest BCUT2D eigenvalue weighted by Gasteiger charge is 2.37. The van der Waals surface area contributed by atoms with E-state index in [4.69, 9.17) is 5.11 Å². The molecule has 0 unspecified atom stereocenters. The molecule has 2 aromatic carbocycles. The standard InChI is InChI=1S/C21H24N2O4/c24-18(12-16-8-5-7-15-6-1-2-9-17(15)16)22-14-19(25)23-21(13-20(26)27)10-3-4-11-21/h1-2,5-9H,3-4,10-14H2,(H,22,24)(H,23,25)(H,26,27). The molecular weight excluding hydrogens is 344 g/mol. The number of benzene rings is 2. The maximum atomic E-state index is 12.3. The van der Waals surface area contributed by atoms with Gasteiger partial charge in [0.05, 0.1) is 24.9 Å². The topological polar surface area (TPSA) is 95.5 Å². The quantitative estimate of drug-likeness (QED) is 0.699. The minimum absolute atomic E-state index is 0.0807. The van der Waals surface area contributed by atoms with Crippen LogP contribution < -0.4 is 10.6 Å². The average Bonchev–Trinajstić information content (AvgIpc) is 3.07. The van der Waals surface area contributed by atoms with E-state index in [0.717, 1.165) is 29.2 Å². The fraction of sp³-hybridized carbons (Fsp3) is 0.381. The van der Waals surface area contributed by atoms with Gasteiger partial charge in [-0.05, 0) is 29.2 Å². The zero-order chi connectivity index (χ0) is 19.3. The summed E-state index contributed by atoms with van der Waals surface area (Å²) in [7, 11) is 0. The van der Waals surface area contributed by atoms with Crippen molar-refractivity contribution < 1.29 is 19.5 Å². The van der Waals surface area contributed by atoms with Gasteiger partial charge in [-0.3, -0.25) is 14.4 Å². The van der Waals surface area contributed by atoms with Crippen LogP contribution in [0.5, 0.6) is 0 Å². The van der Waals surface area contributed by atoms with Crippen molar-refractivity contribution in [3.8, 4) is 0 Å². The molecule has 6 heteroatoms. The summed E-state index contributed by atoms with van der Waals surface area (Å²) >= 11 is 0. The summed E-state index contributed by atoms with van der Waals surface area (Å²) in [5.41, 5.74) is 0.229. The van der Waals surface area contributed by atoms with Gasteiger partial charge in [-0.1, -0.05) is 55.3 Å². The van der Waals surface area contributed by atoms with Crippen LogP contribution in [-0.4, -0.2) is 35.0 Å². The van der Waals surface area contributed by atoms with Crippen LogP contribution in [0.25, 0.3) is 10.8 Å². The third-order valence-corrected chi connectivity index (χ3v) is 5.13. The first-order chi connectivity index (χ1) is 13.0. The molecule has 0 saturated heterocycles. The van der Waals surface area contributed by atoms with Gasteiger partial charge in [0, 0.05) is 0 Å². The molecule has 3 rings (SSSR count). The van der Waals surface area contributed by atoms with Gasteiger partial charge in [-0.2, -0.15) is 0 Å². The molecule has 0 aromatic heterocycles. The number of rotatable bonds is 7. The molecule has 6 nitrogen and oxygen atoms in total. The normalized spacial score (nSPS) is 15.4. The molecule has 142 valence electrons. The summed E-state index contributed by atoms with van der Waals surface area (Å²) in [5, 5.41) is 16.7. The Balaban J connectivity index is 1.55. The van der Waals surface area contributed by atoms with Crippen molar-refractivity contribution in [2.24, 2.45) is 0 Å². The second-order valence-electron chi connectivity index (χ2n) is 7.20. The minimum atomic E-state index is -0.919. The van der Waals surface area contributed by atoms with Crippen molar-refractivity contribution in [3.05, 3.63) is 48.0 Å². The predicted octanol–water partition coefficient (Wildman–Crippen LogP) is 2.40. The number of aliphatic carboxylic acids is 1. The predicted molar refractivity (Wildman–Crippen MR) is 102 cm³/mol. The molecular formula is C21H24N2O4. The molecule has 0 radical (unpaired) electrons. The number of carbonyl (C=O) groups is 3. The van der Waals surface area contributed by atoms with E-state index >= 15 is 0 Å². The molecule has 2 amide bonds. The van der Waals surface area contributed by atoms with E-state index in [9.17, 15) is 14.4 Å². The molecule has 1 aliphatic rings. The van der Waals surface area contributed by atoms with Crippen LogP contribution >= 0.6 is 0 Å². The van der Waals surface area contributed by atoms with Crippen molar-refractivity contribution in [3.63, 3.8) is 0 Å². The summed E-state index contributed by atoms with van der Waals surface area (Å²) in [6, 6.07) is 13.7. The van der Waals surface area contributed by atoms with Gasteiger partial charge in [-0.25, -0.2) is 0 Å². The lowest BCUT2D eigenvalue weighted by molar-refractivity contribution is -0.139. The van der Waals surface area contributed by atoms with E-state index in [1.807, 2.05) is 42.5 Å². The Hall–Kier alpha value is -2.89. The first-order valence-electron chi connectivity index (χ1n) is 9.24. The van der Waals surface area contributed by atoms with Crippen molar-refractivity contribution in [1.82, 2.24) is 10.6 Å². The first kappa shape index (κ1) is 18.9. The third-order valence-electron chi connectivity index (χ3n) is 5.13. The minimum Gasteiger partial charge on any atom is -0.481 e. The van der Waals surface area contributed by atoms with Gasteiger partial charge in [-0.15, -0.1) is 0 Å². The number of hydrogen-bond acceptors (Lipinski definition) is 3. The van der Waals surface area contributed by atoms with Crippen molar-refractivity contribution in [1.29, 1.82) is 0 Å². The number of carboxylic acids is 1. The monoisotopic (exact) mass is 368 g/mol. The average molecular weight is 368 g/mol. The van der Waals surface area contributed by atoms with E-state index in [1.54, 1.807) is 0 Å². The van der Waals surface area contributed by atoms with E-state index < -0.39 is 11.5 Å². The summed E-state index contributed by atoms with van der Waals surface area (Å²) in [4.78, 5) is 35.6. The van der Waals surface area contributed by atoms with Crippen LogP contribution in [0, 0.1) is 0 Å². The first-order valence-corrected chi connectivity index (χ1v) is 9.24. The van der Waals surface area contributed by atoms with E-state index in [2.05, 4.69) is 10.6 Å². The highest BCUT2D eigenvalue weighted by molar-refractivity contribution is 5.91. The Morgan fingerprint density at radius 3 is 2.41 bits per heavy atom. The van der Waals surface area contributed by atoms with Gasteiger partial charge in [0.2, 0.25) is 11.8 Å². The molecule has 0 spiro atoms. The number of nitrogens with one attached hydrogen (secondary N) is 2. The summed E-state index contributed by atoms with van der Waals surface area (Å²) in [5.74, 6) is -1.50. The number of hydrogen-bond donors (Lipinski definition) is 3. The molecule has 0 atom stereocenters. The van der Waals surface area contributed by atoms with Gasteiger partial charge in [0.25, 0.3) is 0 Å². The molecule has 3 N–H and O–H groups in total. The highest BCUT2D eigenvalue weighted by atomic mass is 16.4. The largest absolute Gasteiger partial charge is 0.481 e. The second-order valence-corrected chi connectivity index (χ2v) is 7.20. The van der Waals surface area contributed by atoms with Crippen molar-refractivity contribution in [2.45, 2.75) is 44.1 Å². The van der Waals surface area contributed by atoms with Crippen LogP contribution in [0.3, 0.4) is 0 Å². The van der Waals surface area contributed by atoms with Crippen molar-refractivity contribution in [2.75, 3.05) is 6.54 Å². The maximum absolute atomic E-state index is 12.3. The van der Waals surface area contributed by atoms with Gasteiger partial charge < -0.3 is 15.7 Å². The van der Waals surface area contributed by atoms with Crippen molar-refractivity contribution >= 4 is 28.6 Å². The lowest BCUT2D eigenvalue weighted by Gasteiger charge is -2.28. The fourth-order valence-electron chi connectivity index (χ4n) is 3.89. The Morgan fingerprint density at radius 2 is 1.67 bits per heavy atom. The van der Waals surface area contributed by atoms with Crippen LogP contribution in [-0.2, 0) is 20.8 Å². The Morgan fingerprint density at radius 1 is 0.963 bits per heavy atom. The number of fused-ring (bicyclic) bond motifs is 1. The van der Waals surface area contributed by atoms with Crippen LogP contribution in [0.15, 0.2) is 42.5 Å². The number of carbonyl (C=O) groups excluding carboxylic acids is 2. The highest BCUT2D eigenvalue weighted by Crippen LogP contribution is 2.32. The summed E-state index contributed by atoms with van der Waals surface area (Å²) in [6.45, 7) is -0.148. The Kier molecular flexibility index (Phi) is 5.74. The molecule has 0 aliphatic heterocycles. The van der Waals surface area contributed by atoms with Gasteiger partial charge in [0.15, 0.2) is 0 Å². The fourth-order valence-corrected chi connectivity index (χ4v) is 3.89. The molecule has 0 heterocycles. The van der Waals surface area contributed by atoms with Crippen LogP contribution in [0.1, 0.15) is 37.7 Å². The SMILES string of the molecule is O=C(O)CC1(NC(=O)CNC(=O)Cc2cccc3ccccc23)CCCC1. The zero-order valence-electron chi connectivity index (χ0n) is 15.2. The van der Waals surface area contributed by atoms with Crippen LogP contribution in [0.4, 0.5) is 0 Å². The third kappa shape index (κ3) is 4.84. The molecule has 2 aromatic rings. The van der Waals surface area contributed by atoms with E-state index in [0.29, 0.717) is 12.8 Å². The Bertz CT molecular complexity index is 851. The van der Waals surface area contributed by atoms with Gasteiger partial charge in [0.1, 0.15) is 0 Å². The maximum Gasteiger partial charge on any atom is 0.305 e. The van der Waals surface area contributed by atoms with E-state index in [-0.39, 0.29) is 31.2 Å². The second kappa shape index (κ2) is 8.20. The molecule has 27 heavy (non-hydrogen) atoms. The molecule has 1 aliphatic carbocycles. The summed E-state index contributed by atoms with van der Waals surface area (Å²) in [6.07, 6.45) is 3.24. The smallest absolute Gasteiger partial charge is 0.305 e.